The molecule has 0 radical (unpaired) electrons. The third kappa shape index (κ3) is 4.78. The summed E-state index contributed by atoms with van der Waals surface area (Å²) in [5, 5.41) is 3.19. The second-order valence-electron chi connectivity index (χ2n) is 7.70. The van der Waals surface area contributed by atoms with Crippen molar-refractivity contribution in [3.63, 3.8) is 0 Å². The first-order chi connectivity index (χ1) is 12.8. The van der Waals surface area contributed by atoms with Gasteiger partial charge >= 0.3 is 0 Å². The summed E-state index contributed by atoms with van der Waals surface area (Å²) < 4.78 is 0. The lowest BCUT2D eigenvalue weighted by Gasteiger charge is -2.25. The van der Waals surface area contributed by atoms with Gasteiger partial charge in [0, 0.05) is 36.1 Å². The molecule has 2 aromatic heterocycles. The average molecular weight is 368 g/mol. The Bertz CT molecular complexity index is 815. The maximum atomic E-state index is 12.6. The molecule has 0 spiro atoms. The minimum absolute atomic E-state index is 0.0585. The van der Waals surface area contributed by atoms with Gasteiger partial charge in [0.15, 0.2) is 5.82 Å². The molecule has 1 unspecified atom stereocenters. The van der Waals surface area contributed by atoms with Crippen molar-refractivity contribution in [2.24, 2.45) is 5.92 Å². The van der Waals surface area contributed by atoms with E-state index in [-0.39, 0.29) is 11.9 Å². The van der Waals surface area contributed by atoms with E-state index in [1.54, 1.807) is 0 Å². The fraction of sp³-hybridized carbons (Fsp3) is 0.550. The second kappa shape index (κ2) is 7.98. The molecule has 1 amide bonds. The van der Waals surface area contributed by atoms with Crippen molar-refractivity contribution >= 4 is 17.7 Å². The van der Waals surface area contributed by atoms with Crippen LogP contribution in [0.1, 0.15) is 62.1 Å². The number of hydrogen-bond acceptors (Lipinski definition) is 6. The van der Waals surface area contributed by atoms with E-state index in [9.17, 15) is 4.79 Å². The van der Waals surface area contributed by atoms with Gasteiger partial charge in [0.05, 0.1) is 6.04 Å². The third-order valence-corrected chi connectivity index (χ3v) is 4.55. The summed E-state index contributed by atoms with van der Waals surface area (Å²) in [7, 11) is 0. The van der Waals surface area contributed by atoms with Crippen LogP contribution in [0.15, 0.2) is 12.1 Å². The number of carbonyl (C=O) groups is 1. The molecule has 0 aromatic carbocycles. The lowest BCUT2D eigenvalue weighted by atomic mass is 10.1. The molecule has 1 saturated heterocycles. The summed E-state index contributed by atoms with van der Waals surface area (Å²) in [6, 6.07) is 3.75. The largest absolute Gasteiger partial charge is 0.332 e. The number of amides is 1. The van der Waals surface area contributed by atoms with Crippen LogP contribution in [0.5, 0.6) is 0 Å². The van der Waals surface area contributed by atoms with Crippen LogP contribution in [0, 0.1) is 26.7 Å². The van der Waals surface area contributed by atoms with Crippen molar-refractivity contribution in [2.45, 2.75) is 59.9 Å². The van der Waals surface area contributed by atoms with Gasteiger partial charge in [-0.2, -0.15) is 0 Å². The lowest BCUT2D eigenvalue weighted by Crippen LogP contribution is -2.32. The van der Waals surface area contributed by atoms with E-state index in [1.807, 2.05) is 37.8 Å². The molecule has 7 nitrogen and oxygen atoms in total. The van der Waals surface area contributed by atoms with Gasteiger partial charge in [-0.25, -0.2) is 19.9 Å². The van der Waals surface area contributed by atoms with E-state index < -0.39 is 0 Å². The van der Waals surface area contributed by atoms with Gasteiger partial charge in [0.25, 0.3) is 0 Å². The van der Waals surface area contributed by atoms with Crippen molar-refractivity contribution in [2.75, 3.05) is 11.9 Å². The van der Waals surface area contributed by atoms with E-state index >= 15 is 0 Å². The van der Waals surface area contributed by atoms with E-state index in [4.69, 9.17) is 0 Å². The Morgan fingerprint density at radius 2 is 1.78 bits per heavy atom. The zero-order valence-electron chi connectivity index (χ0n) is 16.8. The number of aromatic nitrogens is 4. The summed E-state index contributed by atoms with van der Waals surface area (Å²) in [4.78, 5) is 32.7. The molecular weight excluding hydrogens is 340 g/mol. The van der Waals surface area contributed by atoms with Crippen LogP contribution in [-0.4, -0.2) is 37.3 Å². The number of anilines is 2. The molecule has 3 rings (SSSR count). The maximum Gasteiger partial charge on any atom is 0.228 e. The molecule has 0 bridgehead atoms. The maximum absolute atomic E-state index is 12.6. The molecule has 1 fully saturated rings. The SMILES string of the molecule is Cc1cc(C)nc(Nc2cc(C)nc(C3CCCN3C(=O)CC(C)C)n2)n1. The summed E-state index contributed by atoms with van der Waals surface area (Å²) in [5.41, 5.74) is 2.66. The Balaban J connectivity index is 1.85. The lowest BCUT2D eigenvalue weighted by molar-refractivity contribution is -0.133. The first-order valence-corrected chi connectivity index (χ1v) is 9.56. The van der Waals surface area contributed by atoms with Crippen LogP contribution in [0.3, 0.4) is 0 Å². The normalized spacial score (nSPS) is 16.8. The van der Waals surface area contributed by atoms with E-state index in [0.29, 0.717) is 29.9 Å². The van der Waals surface area contributed by atoms with Gasteiger partial charge < -0.3 is 10.2 Å². The zero-order valence-corrected chi connectivity index (χ0v) is 16.8. The second-order valence-corrected chi connectivity index (χ2v) is 7.70. The number of carbonyl (C=O) groups excluding carboxylic acids is 1. The predicted octanol–water partition coefficient (Wildman–Crippen LogP) is 3.65. The summed E-state index contributed by atoms with van der Waals surface area (Å²) in [5.74, 6) is 2.40. The highest BCUT2D eigenvalue weighted by Gasteiger charge is 2.32. The topological polar surface area (TPSA) is 83.9 Å². The summed E-state index contributed by atoms with van der Waals surface area (Å²) >= 11 is 0. The minimum Gasteiger partial charge on any atom is -0.332 e. The summed E-state index contributed by atoms with van der Waals surface area (Å²) in [6.07, 6.45) is 2.44. The number of aryl methyl sites for hydroxylation is 3. The number of nitrogens with one attached hydrogen (secondary N) is 1. The first kappa shape index (κ1) is 19.2. The van der Waals surface area contributed by atoms with E-state index in [0.717, 1.165) is 36.5 Å². The van der Waals surface area contributed by atoms with Gasteiger partial charge in [-0.05, 0) is 45.6 Å². The van der Waals surface area contributed by atoms with Crippen LogP contribution in [0.4, 0.5) is 11.8 Å². The average Bonchev–Trinajstić information content (AvgIpc) is 3.02. The van der Waals surface area contributed by atoms with Crippen molar-refractivity contribution in [3.8, 4) is 0 Å². The molecule has 7 heteroatoms. The number of hydrogen-bond donors (Lipinski definition) is 1. The molecule has 27 heavy (non-hydrogen) atoms. The van der Waals surface area contributed by atoms with Crippen molar-refractivity contribution in [1.29, 1.82) is 0 Å². The molecule has 1 aliphatic rings. The first-order valence-electron chi connectivity index (χ1n) is 9.56. The van der Waals surface area contributed by atoms with Crippen LogP contribution in [0.25, 0.3) is 0 Å². The number of likely N-dealkylation sites (tertiary alicyclic amines) is 1. The highest BCUT2D eigenvalue weighted by atomic mass is 16.2. The Morgan fingerprint density at radius 3 is 2.44 bits per heavy atom. The van der Waals surface area contributed by atoms with Gasteiger partial charge in [0.2, 0.25) is 11.9 Å². The Morgan fingerprint density at radius 1 is 1.11 bits per heavy atom. The molecule has 1 atom stereocenters. The monoisotopic (exact) mass is 368 g/mol. The third-order valence-electron chi connectivity index (χ3n) is 4.55. The molecule has 2 aromatic rings. The highest BCUT2D eigenvalue weighted by molar-refractivity contribution is 5.77. The molecule has 3 heterocycles. The van der Waals surface area contributed by atoms with Crippen LogP contribution >= 0.6 is 0 Å². The van der Waals surface area contributed by atoms with Crippen molar-refractivity contribution in [1.82, 2.24) is 24.8 Å². The predicted molar refractivity (Wildman–Crippen MR) is 105 cm³/mol. The minimum atomic E-state index is -0.0585. The zero-order chi connectivity index (χ0) is 19.6. The Labute approximate surface area is 160 Å². The van der Waals surface area contributed by atoms with Gasteiger partial charge in [-0.3, -0.25) is 4.79 Å². The van der Waals surface area contributed by atoms with Crippen molar-refractivity contribution in [3.05, 3.63) is 35.0 Å². The summed E-state index contributed by atoms with van der Waals surface area (Å²) in [6.45, 7) is 10.7. The Hall–Kier alpha value is -2.57. The van der Waals surface area contributed by atoms with Gasteiger partial charge in [-0.1, -0.05) is 13.8 Å². The Kier molecular flexibility index (Phi) is 5.68. The highest BCUT2D eigenvalue weighted by Crippen LogP contribution is 2.31. The molecule has 1 N–H and O–H groups in total. The molecule has 1 aliphatic heterocycles. The molecule has 0 saturated carbocycles. The standard InChI is InChI=1S/C20H28N6O/c1-12(2)9-18(27)26-8-6-7-16(26)19-21-15(5)11-17(24-19)25-20-22-13(3)10-14(4)23-20/h10-12,16H,6-9H2,1-5H3,(H,21,22,23,24,25). The molecular formula is C20H28N6O. The number of nitrogens with zero attached hydrogens (tertiary/aromatic N) is 5. The molecule has 0 aliphatic carbocycles. The van der Waals surface area contributed by atoms with Crippen LogP contribution in [0.2, 0.25) is 0 Å². The molecule has 144 valence electrons. The number of rotatable bonds is 5. The van der Waals surface area contributed by atoms with Crippen LogP contribution < -0.4 is 5.32 Å². The van der Waals surface area contributed by atoms with Crippen LogP contribution in [-0.2, 0) is 4.79 Å². The van der Waals surface area contributed by atoms with Gasteiger partial charge in [-0.15, -0.1) is 0 Å². The smallest absolute Gasteiger partial charge is 0.228 e. The van der Waals surface area contributed by atoms with Gasteiger partial charge in [0.1, 0.15) is 5.82 Å². The van der Waals surface area contributed by atoms with E-state index in [1.165, 1.54) is 0 Å². The van der Waals surface area contributed by atoms with E-state index in [2.05, 4.69) is 39.1 Å². The fourth-order valence-corrected chi connectivity index (χ4v) is 3.50. The quantitative estimate of drug-likeness (QED) is 0.867. The van der Waals surface area contributed by atoms with Crippen molar-refractivity contribution < 1.29 is 4.79 Å². The fourth-order valence-electron chi connectivity index (χ4n) is 3.50.